The maximum Gasteiger partial charge on any atom is 0.338 e. The number of esters is 1. The van der Waals surface area contributed by atoms with E-state index < -0.39 is 26.7 Å². The van der Waals surface area contributed by atoms with Gasteiger partial charge in [0.05, 0.1) is 24.5 Å². The fraction of sp³-hybridized carbons (Fsp3) is 0.294. The van der Waals surface area contributed by atoms with Crippen molar-refractivity contribution >= 4 is 16.0 Å². The summed E-state index contributed by atoms with van der Waals surface area (Å²) in [6.07, 6.45) is 1.56. The molecule has 0 bridgehead atoms. The Morgan fingerprint density at radius 3 is 2.69 bits per heavy atom. The van der Waals surface area contributed by atoms with E-state index in [1.807, 2.05) is 0 Å². The SMILES string of the molecule is O=C(OCc1ccccn1)c1ccc(F)c(S(=O)(=O)N2CCOCC2)c1. The minimum Gasteiger partial charge on any atom is -0.456 e. The predicted molar refractivity (Wildman–Crippen MR) is 89.3 cm³/mol. The zero-order valence-electron chi connectivity index (χ0n) is 13.8. The fourth-order valence-corrected chi connectivity index (χ4v) is 3.96. The van der Waals surface area contributed by atoms with Crippen molar-refractivity contribution < 1.29 is 27.1 Å². The first kappa shape index (κ1) is 18.4. The van der Waals surface area contributed by atoms with Crippen LogP contribution in [0.5, 0.6) is 0 Å². The summed E-state index contributed by atoms with van der Waals surface area (Å²) in [6.45, 7) is 0.689. The van der Waals surface area contributed by atoms with Gasteiger partial charge in [-0.3, -0.25) is 4.98 Å². The monoisotopic (exact) mass is 380 g/mol. The molecular weight excluding hydrogens is 363 g/mol. The molecule has 1 saturated heterocycles. The molecule has 0 unspecified atom stereocenters. The van der Waals surface area contributed by atoms with Crippen molar-refractivity contribution in [3.63, 3.8) is 0 Å². The largest absolute Gasteiger partial charge is 0.456 e. The Labute approximate surface area is 150 Å². The molecule has 7 nitrogen and oxygen atoms in total. The quantitative estimate of drug-likeness (QED) is 0.733. The third-order valence-corrected chi connectivity index (χ3v) is 5.75. The molecule has 0 atom stereocenters. The minimum absolute atomic E-state index is 0.0471. The maximum absolute atomic E-state index is 14.1. The van der Waals surface area contributed by atoms with Crippen molar-refractivity contribution in [3.8, 4) is 0 Å². The summed E-state index contributed by atoms with van der Waals surface area (Å²) in [7, 11) is -4.06. The van der Waals surface area contributed by atoms with Crippen LogP contribution in [-0.4, -0.2) is 50.0 Å². The van der Waals surface area contributed by atoms with Gasteiger partial charge in [-0.15, -0.1) is 0 Å². The van der Waals surface area contributed by atoms with Gasteiger partial charge in [-0.25, -0.2) is 17.6 Å². The molecule has 0 spiro atoms. The van der Waals surface area contributed by atoms with Gasteiger partial charge in [0, 0.05) is 19.3 Å². The fourth-order valence-electron chi connectivity index (χ4n) is 2.46. The molecule has 1 aromatic carbocycles. The Balaban J connectivity index is 1.79. The van der Waals surface area contributed by atoms with E-state index in [0.717, 1.165) is 16.4 Å². The molecular formula is C17H17FN2O5S. The van der Waals surface area contributed by atoms with Gasteiger partial charge in [0.2, 0.25) is 10.0 Å². The number of rotatable bonds is 5. The predicted octanol–water partition coefficient (Wildman–Crippen LogP) is 1.60. The Hall–Kier alpha value is -2.36. The van der Waals surface area contributed by atoms with Crippen LogP contribution in [0.15, 0.2) is 47.5 Å². The van der Waals surface area contributed by atoms with E-state index in [0.29, 0.717) is 5.69 Å². The molecule has 3 rings (SSSR count). The van der Waals surface area contributed by atoms with Crippen molar-refractivity contribution in [1.82, 2.24) is 9.29 Å². The Bertz CT molecular complexity index is 883. The molecule has 0 saturated carbocycles. The molecule has 2 aromatic rings. The van der Waals surface area contributed by atoms with Crippen molar-refractivity contribution in [2.75, 3.05) is 26.3 Å². The number of ether oxygens (including phenoxy) is 2. The van der Waals surface area contributed by atoms with E-state index in [1.54, 1.807) is 24.4 Å². The highest BCUT2D eigenvalue weighted by Gasteiger charge is 2.30. The molecule has 0 aliphatic carbocycles. The number of benzene rings is 1. The van der Waals surface area contributed by atoms with Crippen molar-refractivity contribution in [3.05, 3.63) is 59.7 Å². The van der Waals surface area contributed by atoms with Crippen LogP contribution in [0, 0.1) is 5.82 Å². The van der Waals surface area contributed by atoms with Crippen LogP contribution in [0.25, 0.3) is 0 Å². The Morgan fingerprint density at radius 2 is 2.00 bits per heavy atom. The van der Waals surface area contributed by atoms with Gasteiger partial charge in [0.25, 0.3) is 0 Å². The van der Waals surface area contributed by atoms with Gasteiger partial charge in [-0.1, -0.05) is 6.07 Å². The number of hydrogen-bond donors (Lipinski definition) is 0. The molecule has 0 N–H and O–H groups in total. The molecule has 1 aromatic heterocycles. The van der Waals surface area contributed by atoms with E-state index in [1.165, 1.54) is 6.07 Å². The van der Waals surface area contributed by atoms with Gasteiger partial charge < -0.3 is 9.47 Å². The number of carbonyl (C=O) groups excluding carboxylic acids is 1. The second kappa shape index (κ2) is 7.90. The number of hydrogen-bond acceptors (Lipinski definition) is 6. The highest BCUT2D eigenvalue weighted by molar-refractivity contribution is 7.89. The first-order valence-corrected chi connectivity index (χ1v) is 9.37. The maximum atomic E-state index is 14.1. The standard InChI is InChI=1S/C17H17FN2O5S/c18-15-5-4-13(17(21)25-12-14-3-1-2-6-19-14)11-16(15)26(22,23)20-7-9-24-10-8-20/h1-6,11H,7-10,12H2. The van der Waals surface area contributed by atoms with Crippen LogP contribution in [-0.2, 0) is 26.1 Å². The number of sulfonamides is 1. The first-order valence-electron chi connectivity index (χ1n) is 7.93. The molecule has 1 aliphatic heterocycles. The van der Waals surface area contributed by atoms with E-state index in [9.17, 15) is 17.6 Å². The van der Waals surface area contributed by atoms with Gasteiger partial charge >= 0.3 is 5.97 Å². The molecule has 2 heterocycles. The summed E-state index contributed by atoms with van der Waals surface area (Å²) in [5.74, 6) is -1.67. The number of morpholine rings is 1. The summed E-state index contributed by atoms with van der Waals surface area (Å²) in [4.78, 5) is 15.7. The molecule has 9 heteroatoms. The zero-order valence-corrected chi connectivity index (χ0v) is 14.6. The smallest absolute Gasteiger partial charge is 0.338 e. The van der Waals surface area contributed by atoms with Crippen LogP contribution >= 0.6 is 0 Å². The Kier molecular flexibility index (Phi) is 5.60. The number of nitrogens with zero attached hydrogens (tertiary/aromatic N) is 2. The lowest BCUT2D eigenvalue weighted by Crippen LogP contribution is -2.41. The lowest BCUT2D eigenvalue weighted by molar-refractivity contribution is 0.0467. The van der Waals surface area contributed by atoms with Crippen molar-refractivity contribution in [2.24, 2.45) is 0 Å². The summed E-state index contributed by atoms with van der Waals surface area (Å²) in [5, 5.41) is 0. The molecule has 1 fully saturated rings. The molecule has 138 valence electrons. The summed E-state index contributed by atoms with van der Waals surface area (Å²) in [6, 6.07) is 8.31. The highest BCUT2D eigenvalue weighted by atomic mass is 32.2. The number of halogens is 1. The second-order valence-corrected chi connectivity index (χ2v) is 7.47. The van der Waals surface area contributed by atoms with E-state index in [2.05, 4.69) is 4.98 Å². The molecule has 26 heavy (non-hydrogen) atoms. The number of aromatic nitrogens is 1. The van der Waals surface area contributed by atoms with Crippen LogP contribution in [0.4, 0.5) is 4.39 Å². The molecule has 0 amide bonds. The Morgan fingerprint density at radius 1 is 1.23 bits per heavy atom. The van der Waals surface area contributed by atoms with E-state index in [4.69, 9.17) is 9.47 Å². The van der Waals surface area contributed by atoms with Crippen LogP contribution in [0.2, 0.25) is 0 Å². The zero-order chi connectivity index (χ0) is 18.6. The van der Waals surface area contributed by atoms with Gasteiger partial charge in [0.15, 0.2) is 0 Å². The van der Waals surface area contributed by atoms with E-state index >= 15 is 0 Å². The first-order chi connectivity index (χ1) is 12.5. The number of carbonyl (C=O) groups is 1. The third kappa shape index (κ3) is 4.06. The normalized spacial score (nSPS) is 15.6. The van der Waals surface area contributed by atoms with Crippen molar-refractivity contribution in [1.29, 1.82) is 0 Å². The summed E-state index contributed by atoms with van der Waals surface area (Å²) < 4.78 is 50.8. The van der Waals surface area contributed by atoms with Crippen LogP contribution in [0.3, 0.4) is 0 Å². The van der Waals surface area contributed by atoms with Crippen LogP contribution in [0.1, 0.15) is 16.1 Å². The minimum atomic E-state index is -4.06. The average molecular weight is 380 g/mol. The van der Waals surface area contributed by atoms with Gasteiger partial charge in [-0.05, 0) is 30.3 Å². The second-order valence-electron chi connectivity index (χ2n) is 5.56. The molecule has 1 aliphatic rings. The number of pyridine rings is 1. The van der Waals surface area contributed by atoms with Gasteiger partial charge in [0.1, 0.15) is 17.3 Å². The highest BCUT2D eigenvalue weighted by Crippen LogP contribution is 2.22. The summed E-state index contributed by atoms with van der Waals surface area (Å²) >= 11 is 0. The topological polar surface area (TPSA) is 85.8 Å². The molecule has 0 radical (unpaired) electrons. The third-order valence-electron chi connectivity index (χ3n) is 3.83. The van der Waals surface area contributed by atoms with Crippen molar-refractivity contribution in [2.45, 2.75) is 11.5 Å². The van der Waals surface area contributed by atoms with Crippen LogP contribution < -0.4 is 0 Å². The average Bonchev–Trinajstić information content (AvgIpc) is 2.68. The van der Waals surface area contributed by atoms with Gasteiger partial charge in [-0.2, -0.15) is 4.31 Å². The lowest BCUT2D eigenvalue weighted by Gasteiger charge is -2.26. The van der Waals surface area contributed by atoms with E-state index in [-0.39, 0.29) is 38.5 Å². The lowest BCUT2D eigenvalue weighted by atomic mass is 10.2. The summed E-state index contributed by atoms with van der Waals surface area (Å²) in [5.41, 5.74) is 0.498.